The van der Waals surface area contributed by atoms with Crippen LogP contribution in [0, 0.1) is 0 Å². The number of aliphatic imine (C=N–C) groups is 1. The Morgan fingerprint density at radius 1 is 1.09 bits per heavy atom. The first-order valence-corrected chi connectivity index (χ1v) is 11.5. The minimum Gasteiger partial charge on any atom is -0.368 e. The van der Waals surface area contributed by atoms with Crippen LogP contribution in [0.4, 0.5) is 5.69 Å². The third-order valence-corrected chi connectivity index (χ3v) is 5.86. The van der Waals surface area contributed by atoms with E-state index in [2.05, 4.69) is 20.5 Å². The molecule has 0 saturated carbocycles. The van der Waals surface area contributed by atoms with Gasteiger partial charge in [0.15, 0.2) is 5.96 Å². The van der Waals surface area contributed by atoms with E-state index in [9.17, 15) is 9.59 Å². The molecule has 2 saturated heterocycles. The van der Waals surface area contributed by atoms with Crippen molar-refractivity contribution in [2.24, 2.45) is 4.99 Å². The molecule has 2 amide bonds. The van der Waals surface area contributed by atoms with E-state index in [1.54, 1.807) is 0 Å². The van der Waals surface area contributed by atoms with Crippen LogP contribution in [0.15, 0.2) is 29.3 Å². The number of halogens is 2. The lowest BCUT2D eigenvalue weighted by Crippen LogP contribution is -2.49. The number of hydrogen-bond donors (Lipinski definition) is 2. The first-order valence-electron chi connectivity index (χ1n) is 11.1. The predicted octanol–water partition coefficient (Wildman–Crippen LogP) is 2.17. The third-order valence-electron chi connectivity index (χ3n) is 5.61. The first-order chi connectivity index (χ1) is 15.1. The predicted molar refractivity (Wildman–Crippen MR) is 140 cm³/mol. The van der Waals surface area contributed by atoms with Crippen molar-refractivity contribution in [1.29, 1.82) is 0 Å². The van der Waals surface area contributed by atoms with Gasteiger partial charge in [-0.15, -0.1) is 24.0 Å². The maximum absolute atomic E-state index is 12.6. The number of rotatable bonds is 8. The Kier molecular flexibility index (Phi) is 11.4. The Bertz CT molecular complexity index is 768. The van der Waals surface area contributed by atoms with Gasteiger partial charge < -0.3 is 25.3 Å². The molecule has 0 aromatic heterocycles. The van der Waals surface area contributed by atoms with Crippen molar-refractivity contribution in [3.05, 3.63) is 29.3 Å². The molecular formula is C22H34ClIN6O2. The Morgan fingerprint density at radius 2 is 1.81 bits per heavy atom. The summed E-state index contributed by atoms with van der Waals surface area (Å²) in [7, 11) is 0. The zero-order valence-electron chi connectivity index (χ0n) is 18.7. The van der Waals surface area contributed by atoms with Gasteiger partial charge in [-0.25, -0.2) is 4.99 Å². The van der Waals surface area contributed by atoms with Crippen LogP contribution < -0.4 is 15.5 Å². The van der Waals surface area contributed by atoms with Gasteiger partial charge in [-0.2, -0.15) is 0 Å². The normalized spacial score (nSPS) is 16.8. The van der Waals surface area contributed by atoms with E-state index < -0.39 is 0 Å². The highest BCUT2D eigenvalue weighted by Crippen LogP contribution is 2.19. The van der Waals surface area contributed by atoms with Gasteiger partial charge in [0.1, 0.15) is 6.54 Å². The number of carbonyl (C=O) groups is 2. The van der Waals surface area contributed by atoms with Gasteiger partial charge in [-0.3, -0.25) is 9.59 Å². The number of guanidine groups is 1. The third kappa shape index (κ3) is 7.99. The number of benzene rings is 1. The maximum atomic E-state index is 12.6. The molecule has 0 aliphatic carbocycles. The summed E-state index contributed by atoms with van der Waals surface area (Å²) in [5, 5.41) is 7.17. The molecule has 1 aromatic carbocycles. The van der Waals surface area contributed by atoms with Gasteiger partial charge >= 0.3 is 0 Å². The van der Waals surface area contributed by atoms with Gasteiger partial charge in [0.2, 0.25) is 11.8 Å². The first kappa shape index (κ1) is 26.5. The van der Waals surface area contributed by atoms with E-state index in [0.29, 0.717) is 32.0 Å². The van der Waals surface area contributed by atoms with Crippen molar-refractivity contribution in [1.82, 2.24) is 20.4 Å². The highest BCUT2D eigenvalue weighted by Gasteiger charge is 2.21. The summed E-state index contributed by atoms with van der Waals surface area (Å²) in [6.07, 6.45) is 2.50. The number of piperazine rings is 1. The lowest BCUT2D eigenvalue weighted by Gasteiger charge is -2.36. The van der Waals surface area contributed by atoms with E-state index in [1.165, 1.54) is 0 Å². The molecule has 2 aliphatic heterocycles. The smallest absolute Gasteiger partial charge is 0.244 e. The number of anilines is 1. The Morgan fingerprint density at radius 3 is 2.44 bits per heavy atom. The average molecular weight is 577 g/mol. The Balaban J connectivity index is 0.00000363. The Hall–Kier alpha value is -1.75. The summed E-state index contributed by atoms with van der Waals surface area (Å²) in [6.45, 7) is 8.16. The summed E-state index contributed by atoms with van der Waals surface area (Å²) in [5.74, 6) is 0.932. The van der Waals surface area contributed by atoms with E-state index in [-0.39, 0.29) is 42.3 Å². The molecule has 0 spiro atoms. The van der Waals surface area contributed by atoms with Crippen LogP contribution in [0.2, 0.25) is 5.02 Å². The lowest BCUT2D eigenvalue weighted by atomic mass is 10.2. The van der Waals surface area contributed by atoms with Crippen molar-refractivity contribution < 1.29 is 9.59 Å². The fourth-order valence-corrected chi connectivity index (χ4v) is 4.00. The minimum atomic E-state index is 0. The molecule has 0 unspecified atom stereocenters. The Labute approximate surface area is 212 Å². The summed E-state index contributed by atoms with van der Waals surface area (Å²) in [6, 6.07) is 7.80. The molecule has 2 heterocycles. The van der Waals surface area contributed by atoms with Crippen LogP contribution in [-0.4, -0.2) is 86.5 Å². The minimum absolute atomic E-state index is 0. The van der Waals surface area contributed by atoms with Crippen LogP contribution >= 0.6 is 35.6 Å². The molecule has 2 aliphatic rings. The molecule has 0 radical (unpaired) electrons. The summed E-state index contributed by atoms with van der Waals surface area (Å²) >= 11 is 5.96. The highest BCUT2D eigenvalue weighted by atomic mass is 127. The number of hydrogen-bond acceptors (Lipinski definition) is 4. The zero-order valence-corrected chi connectivity index (χ0v) is 21.8. The summed E-state index contributed by atoms with van der Waals surface area (Å²) < 4.78 is 0. The second kappa shape index (κ2) is 13.7. The van der Waals surface area contributed by atoms with Crippen molar-refractivity contribution in [2.75, 3.05) is 63.8 Å². The molecule has 8 nitrogen and oxygen atoms in total. The van der Waals surface area contributed by atoms with Crippen molar-refractivity contribution in [2.45, 2.75) is 26.2 Å². The van der Waals surface area contributed by atoms with Crippen LogP contribution in [-0.2, 0) is 9.59 Å². The van der Waals surface area contributed by atoms with E-state index in [0.717, 1.165) is 56.3 Å². The van der Waals surface area contributed by atoms with Gasteiger partial charge in [0, 0.05) is 69.5 Å². The highest BCUT2D eigenvalue weighted by molar-refractivity contribution is 14.0. The summed E-state index contributed by atoms with van der Waals surface area (Å²) in [4.78, 5) is 34.8. The number of carbonyl (C=O) groups excluding carboxylic acids is 2. The largest absolute Gasteiger partial charge is 0.368 e. The molecule has 2 N–H and O–H groups in total. The fourth-order valence-electron chi connectivity index (χ4n) is 3.87. The molecule has 0 atom stereocenters. The van der Waals surface area contributed by atoms with Crippen molar-refractivity contribution in [3.63, 3.8) is 0 Å². The second-order valence-corrected chi connectivity index (χ2v) is 8.24. The van der Waals surface area contributed by atoms with Crippen molar-refractivity contribution >= 4 is 59.0 Å². The monoisotopic (exact) mass is 576 g/mol. The molecular weight excluding hydrogens is 543 g/mol. The molecule has 10 heteroatoms. The van der Waals surface area contributed by atoms with E-state index in [4.69, 9.17) is 11.6 Å². The van der Waals surface area contributed by atoms with Crippen LogP contribution in [0.5, 0.6) is 0 Å². The number of amides is 2. The lowest BCUT2D eigenvalue weighted by molar-refractivity contribution is -0.130. The topological polar surface area (TPSA) is 80.3 Å². The SMILES string of the molecule is CCNC(=NCC(=O)N1CCN(c2ccc(Cl)cc2)CC1)NCCCN1CCCC1=O.I. The van der Waals surface area contributed by atoms with Gasteiger partial charge in [0.05, 0.1) is 0 Å². The quantitative estimate of drug-likeness (QED) is 0.215. The molecule has 3 rings (SSSR count). The number of nitrogens with zero attached hydrogens (tertiary/aromatic N) is 4. The van der Waals surface area contributed by atoms with Crippen molar-refractivity contribution in [3.8, 4) is 0 Å². The molecule has 2 fully saturated rings. The fraction of sp³-hybridized carbons (Fsp3) is 0.591. The van der Waals surface area contributed by atoms with Crippen LogP contribution in [0.3, 0.4) is 0 Å². The standard InChI is InChI=1S/C22H33ClN6O2.HI/c1-2-24-22(25-10-4-12-28-11-3-5-20(28)30)26-17-21(31)29-15-13-27(14-16-29)19-8-6-18(23)7-9-19;/h6-9H,2-5,10-17H2,1H3,(H2,24,25,26);1H. The maximum Gasteiger partial charge on any atom is 0.244 e. The summed E-state index contributed by atoms with van der Waals surface area (Å²) in [5.41, 5.74) is 1.13. The molecule has 1 aromatic rings. The molecule has 178 valence electrons. The molecule has 32 heavy (non-hydrogen) atoms. The second-order valence-electron chi connectivity index (χ2n) is 7.80. The van der Waals surface area contributed by atoms with Crippen LogP contribution in [0.1, 0.15) is 26.2 Å². The number of nitrogens with one attached hydrogen (secondary N) is 2. The number of likely N-dealkylation sites (tertiary alicyclic amines) is 1. The van der Waals surface area contributed by atoms with E-state index in [1.807, 2.05) is 41.0 Å². The van der Waals surface area contributed by atoms with Gasteiger partial charge in [-0.05, 0) is 44.0 Å². The van der Waals surface area contributed by atoms with Gasteiger partial charge in [-0.1, -0.05) is 11.6 Å². The van der Waals surface area contributed by atoms with E-state index >= 15 is 0 Å². The zero-order chi connectivity index (χ0) is 22.1. The van der Waals surface area contributed by atoms with Gasteiger partial charge in [0.25, 0.3) is 0 Å². The van der Waals surface area contributed by atoms with Crippen LogP contribution in [0.25, 0.3) is 0 Å². The molecule has 0 bridgehead atoms. The average Bonchev–Trinajstić information content (AvgIpc) is 3.20.